The highest BCUT2D eigenvalue weighted by molar-refractivity contribution is 6.06. The Kier molecular flexibility index (Phi) is 2.72. The molecule has 0 spiro atoms. The van der Waals surface area contributed by atoms with Crippen LogP contribution in [0.3, 0.4) is 0 Å². The van der Waals surface area contributed by atoms with Crippen molar-refractivity contribution in [2.75, 3.05) is 0 Å². The van der Waals surface area contributed by atoms with Crippen LogP contribution >= 0.6 is 0 Å². The van der Waals surface area contributed by atoms with Gasteiger partial charge in [0.1, 0.15) is 0 Å². The maximum atomic E-state index is 10.6. The molecule has 0 unspecified atom stereocenters. The number of fused-ring (bicyclic) bond motifs is 2. The van der Waals surface area contributed by atoms with Gasteiger partial charge in [-0.1, -0.05) is 48.5 Å². The third kappa shape index (κ3) is 2.06. The first-order valence-electron chi connectivity index (χ1n) is 5.98. The van der Waals surface area contributed by atoms with Gasteiger partial charge in [0.05, 0.1) is 4.92 Å². The average molecular weight is 249 g/mol. The highest BCUT2D eigenvalue weighted by Crippen LogP contribution is 2.29. The minimum atomic E-state index is -0.434. The second-order valence-corrected chi connectivity index (χ2v) is 4.33. The Labute approximate surface area is 109 Å². The van der Waals surface area contributed by atoms with E-state index >= 15 is 0 Å². The molecular weight excluding hydrogens is 238 g/mol. The van der Waals surface area contributed by atoms with Crippen LogP contribution in [0.2, 0.25) is 0 Å². The molecule has 3 aromatic carbocycles. The Hall–Kier alpha value is -2.68. The summed E-state index contributed by atoms with van der Waals surface area (Å²) in [6, 6.07) is 17.9. The van der Waals surface area contributed by atoms with Gasteiger partial charge in [-0.15, -0.1) is 0 Å². The zero-order valence-electron chi connectivity index (χ0n) is 10.1. The third-order valence-electron chi connectivity index (χ3n) is 3.18. The molecule has 0 heterocycles. The lowest BCUT2D eigenvalue weighted by Gasteiger charge is -2.07. The Morgan fingerprint density at radius 2 is 1.42 bits per heavy atom. The minimum Gasteiger partial charge on any atom is -0.259 e. The van der Waals surface area contributed by atoms with Gasteiger partial charge < -0.3 is 0 Å². The molecule has 19 heavy (non-hydrogen) atoms. The Morgan fingerprint density at radius 3 is 1.95 bits per heavy atom. The fourth-order valence-electron chi connectivity index (χ4n) is 2.36. The summed E-state index contributed by atoms with van der Waals surface area (Å²) in [4.78, 5) is 10.1. The number of nitro groups is 1. The summed E-state index contributed by atoms with van der Waals surface area (Å²) in [5.74, 6) is 0. The van der Waals surface area contributed by atoms with Gasteiger partial charge in [-0.25, -0.2) is 0 Å². The lowest BCUT2D eigenvalue weighted by atomic mass is 9.97. The van der Waals surface area contributed by atoms with Gasteiger partial charge in [0.15, 0.2) is 0 Å². The van der Waals surface area contributed by atoms with Gasteiger partial charge in [0.25, 0.3) is 0 Å². The van der Waals surface area contributed by atoms with E-state index in [4.69, 9.17) is 0 Å². The maximum absolute atomic E-state index is 10.6. The zero-order valence-corrected chi connectivity index (χ0v) is 10.1. The van der Waals surface area contributed by atoms with E-state index in [1.165, 1.54) is 0 Å². The molecule has 0 amide bonds. The van der Waals surface area contributed by atoms with E-state index in [0.29, 0.717) is 0 Å². The van der Waals surface area contributed by atoms with Crippen molar-refractivity contribution in [1.82, 2.24) is 0 Å². The predicted octanol–water partition coefficient (Wildman–Crippen LogP) is 4.24. The van der Waals surface area contributed by atoms with Crippen LogP contribution in [-0.2, 0) is 0 Å². The summed E-state index contributed by atoms with van der Waals surface area (Å²) in [6.07, 6.45) is 2.57. The molecule has 0 saturated carbocycles. The first kappa shape index (κ1) is 11.4. The van der Waals surface area contributed by atoms with E-state index in [9.17, 15) is 10.1 Å². The largest absolute Gasteiger partial charge is 0.259 e. The number of hydrogen-bond acceptors (Lipinski definition) is 2. The molecular formula is C16H11NO2. The van der Waals surface area contributed by atoms with Gasteiger partial charge in [-0.2, -0.15) is 0 Å². The smallest absolute Gasteiger partial charge is 0.235 e. The van der Waals surface area contributed by atoms with E-state index in [-0.39, 0.29) is 0 Å². The number of benzene rings is 3. The number of rotatable bonds is 2. The maximum Gasteiger partial charge on any atom is 0.235 e. The van der Waals surface area contributed by atoms with Crippen molar-refractivity contribution < 1.29 is 4.92 Å². The molecule has 0 saturated heterocycles. The van der Waals surface area contributed by atoms with Gasteiger partial charge in [-0.05, 0) is 33.2 Å². The van der Waals surface area contributed by atoms with Gasteiger partial charge in [0, 0.05) is 6.08 Å². The lowest BCUT2D eigenvalue weighted by molar-refractivity contribution is -0.400. The Bertz CT molecular complexity index is 752. The molecule has 0 fully saturated rings. The zero-order chi connectivity index (χ0) is 13.2. The molecule has 92 valence electrons. The van der Waals surface area contributed by atoms with Crippen molar-refractivity contribution >= 4 is 27.6 Å². The van der Waals surface area contributed by atoms with Crippen LogP contribution in [0.4, 0.5) is 0 Å². The predicted molar refractivity (Wildman–Crippen MR) is 77.5 cm³/mol. The molecule has 3 aromatic rings. The minimum absolute atomic E-state index is 0.434. The van der Waals surface area contributed by atoms with Gasteiger partial charge in [0.2, 0.25) is 6.20 Å². The molecule has 3 heteroatoms. The molecule has 3 rings (SSSR count). The van der Waals surface area contributed by atoms with Crippen LogP contribution in [0.5, 0.6) is 0 Å². The van der Waals surface area contributed by atoms with Crippen LogP contribution < -0.4 is 0 Å². The van der Waals surface area contributed by atoms with E-state index in [0.717, 1.165) is 33.3 Å². The van der Waals surface area contributed by atoms with E-state index in [1.54, 1.807) is 6.08 Å². The topological polar surface area (TPSA) is 43.1 Å². The van der Waals surface area contributed by atoms with Crippen LogP contribution in [0.25, 0.3) is 27.6 Å². The SMILES string of the molecule is O=[N+]([O-])/C=C\c1c2ccccc2cc2ccccc12. The van der Waals surface area contributed by atoms with Crippen molar-refractivity contribution in [3.05, 3.63) is 76.5 Å². The van der Waals surface area contributed by atoms with E-state index in [2.05, 4.69) is 6.07 Å². The summed E-state index contributed by atoms with van der Waals surface area (Å²) in [5, 5.41) is 14.8. The van der Waals surface area contributed by atoms with Crippen molar-refractivity contribution in [3.8, 4) is 0 Å². The molecule has 0 bridgehead atoms. The summed E-state index contributed by atoms with van der Waals surface area (Å²) >= 11 is 0. The summed E-state index contributed by atoms with van der Waals surface area (Å²) in [6.45, 7) is 0. The van der Waals surface area contributed by atoms with Crippen LogP contribution in [0.1, 0.15) is 5.56 Å². The third-order valence-corrected chi connectivity index (χ3v) is 3.18. The lowest BCUT2D eigenvalue weighted by Crippen LogP contribution is -1.86. The second kappa shape index (κ2) is 4.53. The molecule has 0 aliphatic rings. The van der Waals surface area contributed by atoms with Gasteiger partial charge >= 0.3 is 0 Å². The van der Waals surface area contributed by atoms with E-state index in [1.807, 2.05) is 48.5 Å². The summed E-state index contributed by atoms with van der Waals surface area (Å²) in [5.41, 5.74) is 0.894. The molecule has 0 N–H and O–H groups in total. The first-order valence-corrected chi connectivity index (χ1v) is 5.98. The number of nitrogens with zero attached hydrogens (tertiary/aromatic N) is 1. The van der Waals surface area contributed by atoms with Crippen molar-refractivity contribution in [2.45, 2.75) is 0 Å². The number of hydrogen-bond donors (Lipinski definition) is 0. The normalized spacial score (nSPS) is 11.4. The van der Waals surface area contributed by atoms with Crippen LogP contribution in [0, 0.1) is 10.1 Å². The average Bonchev–Trinajstić information content (AvgIpc) is 2.43. The Balaban J connectivity index is 2.42. The molecule has 0 aliphatic carbocycles. The fraction of sp³-hybridized carbons (Fsp3) is 0. The van der Waals surface area contributed by atoms with Crippen molar-refractivity contribution in [1.29, 1.82) is 0 Å². The Morgan fingerprint density at radius 1 is 0.895 bits per heavy atom. The summed E-state index contributed by atoms with van der Waals surface area (Å²) in [7, 11) is 0. The van der Waals surface area contributed by atoms with Gasteiger partial charge in [-0.3, -0.25) is 10.1 Å². The molecule has 0 aliphatic heterocycles. The molecule has 0 aromatic heterocycles. The quantitative estimate of drug-likeness (QED) is 0.387. The molecule has 3 nitrogen and oxygen atoms in total. The monoisotopic (exact) mass is 249 g/mol. The van der Waals surface area contributed by atoms with E-state index < -0.39 is 4.92 Å². The molecule has 0 radical (unpaired) electrons. The summed E-state index contributed by atoms with van der Waals surface area (Å²) < 4.78 is 0. The fourth-order valence-corrected chi connectivity index (χ4v) is 2.36. The standard InChI is InChI=1S/C16H11NO2/c18-17(19)10-9-16-14-7-3-1-5-12(14)11-13-6-2-4-8-15(13)16/h1-11H/b10-9-. The van der Waals surface area contributed by atoms with Crippen LogP contribution in [-0.4, -0.2) is 4.92 Å². The van der Waals surface area contributed by atoms with Crippen molar-refractivity contribution in [2.24, 2.45) is 0 Å². The van der Waals surface area contributed by atoms with Crippen LogP contribution in [0.15, 0.2) is 60.8 Å². The second-order valence-electron chi connectivity index (χ2n) is 4.33. The first-order chi connectivity index (χ1) is 9.25. The molecule has 0 atom stereocenters. The highest BCUT2D eigenvalue weighted by atomic mass is 16.6. The van der Waals surface area contributed by atoms with Crippen molar-refractivity contribution in [3.63, 3.8) is 0 Å². The highest BCUT2D eigenvalue weighted by Gasteiger charge is 2.05.